The molecule has 0 aromatic carbocycles. The van der Waals surface area contributed by atoms with Gasteiger partial charge in [0, 0.05) is 29.9 Å². The molecule has 0 aliphatic heterocycles. The van der Waals surface area contributed by atoms with Gasteiger partial charge in [-0.05, 0) is 19.3 Å². The second-order valence-electron chi connectivity index (χ2n) is 4.88. The number of hydrogen-bond acceptors (Lipinski definition) is 2. The molecule has 1 aromatic heterocycles. The SMILES string of the molecule is CC1(C)C(N)CCCC1n1ccnc1. The topological polar surface area (TPSA) is 43.8 Å². The minimum absolute atomic E-state index is 0.180. The molecule has 1 fully saturated rings. The highest BCUT2D eigenvalue weighted by Gasteiger charge is 2.38. The summed E-state index contributed by atoms with van der Waals surface area (Å²) in [5.74, 6) is 0. The minimum atomic E-state index is 0.180. The van der Waals surface area contributed by atoms with Crippen LogP contribution < -0.4 is 5.73 Å². The van der Waals surface area contributed by atoms with Gasteiger partial charge in [0.05, 0.1) is 6.33 Å². The van der Waals surface area contributed by atoms with E-state index in [4.69, 9.17) is 5.73 Å². The summed E-state index contributed by atoms with van der Waals surface area (Å²) >= 11 is 0. The van der Waals surface area contributed by atoms with Gasteiger partial charge < -0.3 is 10.3 Å². The van der Waals surface area contributed by atoms with Crippen LogP contribution >= 0.6 is 0 Å². The third-order valence-corrected chi connectivity index (χ3v) is 3.69. The Labute approximate surface area is 85.3 Å². The molecule has 0 spiro atoms. The van der Waals surface area contributed by atoms with Gasteiger partial charge in [0.25, 0.3) is 0 Å². The van der Waals surface area contributed by atoms with Crippen LogP contribution in [0.2, 0.25) is 0 Å². The van der Waals surface area contributed by atoms with Crippen LogP contribution in [0.5, 0.6) is 0 Å². The van der Waals surface area contributed by atoms with Crippen molar-refractivity contribution in [2.45, 2.75) is 45.2 Å². The quantitative estimate of drug-likeness (QED) is 0.741. The van der Waals surface area contributed by atoms with E-state index in [0.717, 1.165) is 6.42 Å². The van der Waals surface area contributed by atoms with Crippen molar-refractivity contribution >= 4 is 0 Å². The van der Waals surface area contributed by atoms with Crippen molar-refractivity contribution in [3.05, 3.63) is 18.7 Å². The van der Waals surface area contributed by atoms with E-state index in [1.165, 1.54) is 12.8 Å². The van der Waals surface area contributed by atoms with Crippen LogP contribution in [0.1, 0.15) is 39.2 Å². The van der Waals surface area contributed by atoms with E-state index in [1.54, 1.807) is 0 Å². The average Bonchev–Trinajstić information content (AvgIpc) is 2.62. The lowest BCUT2D eigenvalue weighted by molar-refractivity contribution is 0.115. The third kappa shape index (κ3) is 1.46. The Balaban J connectivity index is 2.26. The minimum Gasteiger partial charge on any atom is -0.334 e. The van der Waals surface area contributed by atoms with Gasteiger partial charge in [0.2, 0.25) is 0 Å². The summed E-state index contributed by atoms with van der Waals surface area (Å²) in [5.41, 5.74) is 6.35. The molecule has 0 saturated heterocycles. The van der Waals surface area contributed by atoms with Crippen molar-refractivity contribution in [2.24, 2.45) is 11.1 Å². The predicted octanol–water partition coefficient (Wildman–Crippen LogP) is 1.96. The monoisotopic (exact) mass is 193 g/mol. The molecule has 1 aromatic rings. The van der Waals surface area contributed by atoms with Gasteiger partial charge >= 0.3 is 0 Å². The molecular weight excluding hydrogens is 174 g/mol. The number of nitrogens with two attached hydrogens (primary N) is 1. The molecule has 1 heterocycles. The number of nitrogens with zero attached hydrogens (tertiary/aromatic N) is 2. The largest absolute Gasteiger partial charge is 0.334 e. The van der Waals surface area contributed by atoms with Crippen LogP contribution in [0.15, 0.2) is 18.7 Å². The summed E-state index contributed by atoms with van der Waals surface area (Å²) in [6, 6.07) is 0.817. The van der Waals surface area contributed by atoms with Crippen LogP contribution in [0.4, 0.5) is 0 Å². The van der Waals surface area contributed by atoms with Crippen molar-refractivity contribution in [3.8, 4) is 0 Å². The Morgan fingerprint density at radius 1 is 1.43 bits per heavy atom. The molecule has 2 rings (SSSR count). The van der Waals surface area contributed by atoms with Crippen LogP contribution in [0.25, 0.3) is 0 Å². The number of aromatic nitrogens is 2. The Kier molecular flexibility index (Phi) is 2.35. The Morgan fingerprint density at radius 2 is 2.21 bits per heavy atom. The van der Waals surface area contributed by atoms with Gasteiger partial charge in [-0.15, -0.1) is 0 Å². The Morgan fingerprint density at radius 3 is 2.86 bits per heavy atom. The molecule has 1 aliphatic carbocycles. The zero-order chi connectivity index (χ0) is 10.2. The lowest BCUT2D eigenvalue weighted by Crippen LogP contribution is -2.46. The van der Waals surface area contributed by atoms with E-state index in [9.17, 15) is 0 Å². The molecule has 78 valence electrons. The Hall–Kier alpha value is -0.830. The predicted molar refractivity (Wildman–Crippen MR) is 56.9 cm³/mol. The summed E-state index contributed by atoms with van der Waals surface area (Å²) < 4.78 is 2.21. The summed E-state index contributed by atoms with van der Waals surface area (Å²) in [7, 11) is 0. The molecule has 2 N–H and O–H groups in total. The maximum Gasteiger partial charge on any atom is 0.0948 e. The van der Waals surface area contributed by atoms with E-state index in [0.29, 0.717) is 12.1 Å². The van der Waals surface area contributed by atoms with Crippen LogP contribution in [-0.2, 0) is 0 Å². The lowest BCUT2D eigenvalue weighted by Gasteiger charge is -2.43. The van der Waals surface area contributed by atoms with Crippen LogP contribution in [0.3, 0.4) is 0 Å². The summed E-state index contributed by atoms with van der Waals surface area (Å²) in [5, 5.41) is 0. The average molecular weight is 193 g/mol. The third-order valence-electron chi connectivity index (χ3n) is 3.69. The molecule has 14 heavy (non-hydrogen) atoms. The summed E-state index contributed by atoms with van der Waals surface area (Å²) in [6.45, 7) is 4.53. The molecule has 3 nitrogen and oxygen atoms in total. The molecule has 0 radical (unpaired) electrons. The second-order valence-corrected chi connectivity index (χ2v) is 4.88. The van der Waals surface area contributed by atoms with Crippen molar-refractivity contribution in [2.75, 3.05) is 0 Å². The van der Waals surface area contributed by atoms with Crippen LogP contribution in [0, 0.1) is 5.41 Å². The fraction of sp³-hybridized carbons (Fsp3) is 0.727. The summed E-state index contributed by atoms with van der Waals surface area (Å²) in [4.78, 5) is 4.11. The van der Waals surface area contributed by atoms with Gasteiger partial charge in [-0.1, -0.05) is 13.8 Å². The fourth-order valence-corrected chi connectivity index (χ4v) is 2.51. The Bertz CT molecular complexity index is 289. The van der Waals surface area contributed by atoms with Crippen LogP contribution in [-0.4, -0.2) is 15.6 Å². The van der Waals surface area contributed by atoms with E-state index < -0.39 is 0 Å². The van der Waals surface area contributed by atoms with E-state index in [1.807, 2.05) is 18.7 Å². The maximum absolute atomic E-state index is 6.18. The second kappa shape index (κ2) is 3.39. The molecule has 1 aliphatic rings. The first-order valence-electron chi connectivity index (χ1n) is 5.35. The van der Waals surface area contributed by atoms with E-state index in [2.05, 4.69) is 23.4 Å². The highest BCUT2D eigenvalue weighted by Crippen LogP contribution is 2.42. The zero-order valence-electron chi connectivity index (χ0n) is 8.98. The molecule has 2 atom stereocenters. The van der Waals surface area contributed by atoms with Gasteiger partial charge in [-0.3, -0.25) is 0 Å². The molecule has 3 heteroatoms. The fourth-order valence-electron chi connectivity index (χ4n) is 2.51. The standard InChI is InChI=1S/C11H19N3/c1-11(2)9(12)4-3-5-10(11)14-7-6-13-8-14/h6-10H,3-5,12H2,1-2H3. The molecule has 2 unspecified atom stereocenters. The van der Waals surface area contributed by atoms with E-state index in [-0.39, 0.29) is 5.41 Å². The molecule has 1 saturated carbocycles. The molecule has 0 bridgehead atoms. The van der Waals surface area contributed by atoms with Gasteiger partial charge in [-0.25, -0.2) is 4.98 Å². The van der Waals surface area contributed by atoms with Crippen molar-refractivity contribution in [3.63, 3.8) is 0 Å². The molecule has 0 amide bonds. The van der Waals surface area contributed by atoms with Gasteiger partial charge in [0.15, 0.2) is 0 Å². The lowest BCUT2D eigenvalue weighted by atomic mass is 9.70. The first-order chi connectivity index (χ1) is 6.62. The van der Waals surface area contributed by atoms with Crippen molar-refractivity contribution in [1.82, 2.24) is 9.55 Å². The first kappa shape index (κ1) is 9.71. The molecular formula is C11H19N3. The van der Waals surface area contributed by atoms with Gasteiger partial charge in [-0.2, -0.15) is 0 Å². The highest BCUT2D eigenvalue weighted by atomic mass is 15.1. The zero-order valence-corrected chi connectivity index (χ0v) is 8.98. The summed E-state index contributed by atoms with van der Waals surface area (Å²) in [6.07, 6.45) is 9.40. The smallest absolute Gasteiger partial charge is 0.0948 e. The van der Waals surface area contributed by atoms with Crippen molar-refractivity contribution < 1.29 is 0 Å². The van der Waals surface area contributed by atoms with E-state index >= 15 is 0 Å². The van der Waals surface area contributed by atoms with Gasteiger partial charge in [0.1, 0.15) is 0 Å². The normalized spacial score (nSPS) is 31.6. The van der Waals surface area contributed by atoms with Crippen molar-refractivity contribution in [1.29, 1.82) is 0 Å². The number of imidazole rings is 1. The number of rotatable bonds is 1. The first-order valence-corrected chi connectivity index (χ1v) is 5.35. The highest BCUT2D eigenvalue weighted by molar-refractivity contribution is 4.97. The number of hydrogen-bond donors (Lipinski definition) is 1. The maximum atomic E-state index is 6.18.